The van der Waals surface area contributed by atoms with Crippen LogP contribution in [0.15, 0.2) is 59.5 Å². The number of rotatable bonds is 5. The SMILES string of the molecule is Cc1cc(-c2ccc(OCc3c(C)cccc3-n3nnn(C)c3=O)c(C)c2)ccn1. The van der Waals surface area contributed by atoms with Crippen molar-refractivity contribution in [2.24, 2.45) is 7.05 Å². The first-order valence-electron chi connectivity index (χ1n) is 9.68. The molecule has 0 unspecified atom stereocenters. The Hall–Kier alpha value is -3.74. The van der Waals surface area contributed by atoms with Crippen LogP contribution >= 0.6 is 0 Å². The second-order valence-electron chi connectivity index (χ2n) is 7.32. The molecule has 0 aliphatic carbocycles. The number of aromatic nitrogens is 5. The lowest BCUT2D eigenvalue weighted by atomic mass is 10.0. The minimum atomic E-state index is -0.296. The third-order valence-corrected chi connectivity index (χ3v) is 5.11. The first-order valence-corrected chi connectivity index (χ1v) is 9.68. The van der Waals surface area contributed by atoms with Crippen LogP contribution in [0.4, 0.5) is 0 Å². The maximum absolute atomic E-state index is 12.3. The van der Waals surface area contributed by atoms with Gasteiger partial charge in [-0.3, -0.25) is 4.98 Å². The van der Waals surface area contributed by atoms with Crippen molar-refractivity contribution in [1.29, 1.82) is 0 Å². The number of hydrogen-bond acceptors (Lipinski definition) is 5. The lowest BCUT2D eigenvalue weighted by molar-refractivity contribution is 0.302. The van der Waals surface area contributed by atoms with Gasteiger partial charge in [-0.25, -0.2) is 4.79 Å². The van der Waals surface area contributed by atoms with E-state index in [2.05, 4.69) is 27.5 Å². The van der Waals surface area contributed by atoms with Crippen LogP contribution in [-0.2, 0) is 13.7 Å². The number of hydrogen-bond donors (Lipinski definition) is 0. The highest BCUT2D eigenvalue weighted by Gasteiger charge is 2.14. The molecule has 2 heterocycles. The molecular formula is C23H23N5O2. The van der Waals surface area contributed by atoms with Gasteiger partial charge in [0.05, 0.1) is 5.69 Å². The molecule has 0 N–H and O–H groups in total. The van der Waals surface area contributed by atoms with Crippen molar-refractivity contribution in [1.82, 2.24) is 24.8 Å². The molecule has 0 aliphatic heterocycles. The molecule has 0 saturated heterocycles. The summed E-state index contributed by atoms with van der Waals surface area (Å²) in [7, 11) is 1.58. The van der Waals surface area contributed by atoms with E-state index < -0.39 is 0 Å². The van der Waals surface area contributed by atoms with Gasteiger partial charge in [0.15, 0.2) is 0 Å². The molecule has 4 aromatic rings. The summed E-state index contributed by atoms with van der Waals surface area (Å²) in [6.07, 6.45) is 1.82. The van der Waals surface area contributed by atoms with E-state index in [9.17, 15) is 4.79 Å². The molecule has 7 heteroatoms. The maximum Gasteiger partial charge on any atom is 0.368 e. The van der Waals surface area contributed by atoms with Crippen LogP contribution in [0.2, 0.25) is 0 Å². The molecule has 30 heavy (non-hydrogen) atoms. The van der Waals surface area contributed by atoms with E-state index in [0.717, 1.165) is 39.3 Å². The third kappa shape index (κ3) is 3.74. The molecule has 2 aromatic heterocycles. The van der Waals surface area contributed by atoms with Gasteiger partial charge >= 0.3 is 5.69 Å². The van der Waals surface area contributed by atoms with Gasteiger partial charge in [0, 0.05) is 24.5 Å². The molecular weight excluding hydrogens is 378 g/mol. The molecule has 0 bridgehead atoms. The van der Waals surface area contributed by atoms with Gasteiger partial charge in [-0.2, -0.15) is 9.36 Å². The van der Waals surface area contributed by atoms with Gasteiger partial charge in [-0.15, -0.1) is 0 Å². The van der Waals surface area contributed by atoms with Crippen molar-refractivity contribution in [3.8, 4) is 22.6 Å². The summed E-state index contributed by atoms with van der Waals surface area (Å²) >= 11 is 0. The summed E-state index contributed by atoms with van der Waals surface area (Å²) in [5, 5.41) is 7.78. The van der Waals surface area contributed by atoms with Crippen molar-refractivity contribution in [2.75, 3.05) is 0 Å². The number of nitrogens with zero attached hydrogens (tertiary/aromatic N) is 5. The number of aryl methyl sites for hydroxylation is 4. The smallest absolute Gasteiger partial charge is 0.368 e. The molecule has 4 rings (SSSR count). The van der Waals surface area contributed by atoms with E-state index in [1.54, 1.807) is 7.05 Å². The molecule has 0 aliphatic rings. The van der Waals surface area contributed by atoms with Crippen molar-refractivity contribution < 1.29 is 4.74 Å². The molecule has 7 nitrogen and oxygen atoms in total. The third-order valence-electron chi connectivity index (χ3n) is 5.11. The summed E-state index contributed by atoms with van der Waals surface area (Å²) in [5.74, 6) is 0.797. The van der Waals surface area contributed by atoms with Gasteiger partial charge in [0.2, 0.25) is 0 Å². The highest BCUT2D eigenvalue weighted by molar-refractivity contribution is 5.65. The Morgan fingerprint density at radius 1 is 0.933 bits per heavy atom. The molecule has 2 aromatic carbocycles. The topological polar surface area (TPSA) is 74.8 Å². The molecule has 0 amide bonds. The zero-order chi connectivity index (χ0) is 21.3. The van der Waals surface area contributed by atoms with Crippen LogP contribution in [-0.4, -0.2) is 24.8 Å². The Morgan fingerprint density at radius 2 is 1.73 bits per heavy atom. The highest BCUT2D eigenvalue weighted by atomic mass is 16.5. The minimum absolute atomic E-state index is 0.296. The summed E-state index contributed by atoms with van der Waals surface area (Å²) < 4.78 is 8.65. The second-order valence-corrected chi connectivity index (χ2v) is 7.32. The van der Waals surface area contributed by atoms with Gasteiger partial charge in [0.1, 0.15) is 12.4 Å². The maximum atomic E-state index is 12.3. The van der Waals surface area contributed by atoms with E-state index >= 15 is 0 Å². The molecule has 0 fully saturated rings. The Balaban J connectivity index is 1.61. The lowest BCUT2D eigenvalue weighted by Crippen LogP contribution is -2.23. The fraction of sp³-hybridized carbons (Fsp3) is 0.217. The second kappa shape index (κ2) is 7.94. The molecule has 0 radical (unpaired) electrons. The van der Waals surface area contributed by atoms with E-state index in [4.69, 9.17) is 4.74 Å². The molecule has 0 saturated carbocycles. The van der Waals surface area contributed by atoms with Crippen LogP contribution in [0.3, 0.4) is 0 Å². The summed E-state index contributed by atoms with van der Waals surface area (Å²) in [4.78, 5) is 16.6. The Bertz CT molecular complexity index is 1270. The van der Waals surface area contributed by atoms with Crippen LogP contribution in [0, 0.1) is 20.8 Å². The number of ether oxygens (including phenoxy) is 1. The molecule has 0 atom stereocenters. The van der Waals surface area contributed by atoms with Gasteiger partial charge in [0.25, 0.3) is 0 Å². The van der Waals surface area contributed by atoms with E-state index in [-0.39, 0.29) is 5.69 Å². The predicted molar refractivity (Wildman–Crippen MR) is 115 cm³/mol. The quantitative estimate of drug-likeness (QED) is 0.511. The monoisotopic (exact) mass is 401 g/mol. The number of benzene rings is 2. The molecule has 152 valence electrons. The van der Waals surface area contributed by atoms with Crippen LogP contribution in [0.1, 0.15) is 22.4 Å². The zero-order valence-electron chi connectivity index (χ0n) is 17.5. The Labute approximate surface area is 174 Å². The molecule has 0 spiro atoms. The standard InChI is InChI=1S/C23H23N5O2/c1-15-6-5-7-21(28-23(29)27(4)25-26-28)20(15)14-30-22-9-8-18(12-16(22)2)19-10-11-24-17(3)13-19/h5-13H,14H2,1-4H3. The van der Waals surface area contributed by atoms with E-state index in [1.165, 1.54) is 9.36 Å². The predicted octanol–water partition coefficient (Wildman–Crippen LogP) is 3.53. The van der Waals surface area contributed by atoms with Crippen LogP contribution < -0.4 is 10.4 Å². The fourth-order valence-electron chi connectivity index (χ4n) is 3.40. The number of tetrazole rings is 1. The van der Waals surface area contributed by atoms with E-state index in [0.29, 0.717) is 12.3 Å². The zero-order valence-corrected chi connectivity index (χ0v) is 17.5. The average Bonchev–Trinajstić information content (AvgIpc) is 3.06. The normalized spacial score (nSPS) is 10.9. The van der Waals surface area contributed by atoms with Crippen molar-refractivity contribution in [2.45, 2.75) is 27.4 Å². The number of pyridine rings is 1. The Morgan fingerprint density at radius 3 is 2.43 bits per heavy atom. The largest absolute Gasteiger partial charge is 0.489 e. The lowest BCUT2D eigenvalue weighted by Gasteiger charge is -2.15. The van der Waals surface area contributed by atoms with Crippen molar-refractivity contribution in [3.05, 3.63) is 87.6 Å². The summed E-state index contributed by atoms with van der Waals surface area (Å²) in [6, 6.07) is 15.9. The summed E-state index contributed by atoms with van der Waals surface area (Å²) in [6.45, 7) is 6.32. The highest BCUT2D eigenvalue weighted by Crippen LogP contribution is 2.28. The van der Waals surface area contributed by atoms with Gasteiger partial charge in [-0.05, 0) is 83.8 Å². The Kier molecular flexibility index (Phi) is 5.18. The van der Waals surface area contributed by atoms with Gasteiger partial charge < -0.3 is 4.74 Å². The van der Waals surface area contributed by atoms with Crippen LogP contribution in [0.5, 0.6) is 5.75 Å². The summed E-state index contributed by atoms with van der Waals surface area (Å²) in [5.41, 5.74) is 6.56. The van der Waals surface area contributed by atoms with E-state index in [1.807, 2.05) is 63.4 Å². The van der Waals surface area contributed by atoms with Crippen molar-refractivity contribution >= 4 is 0 Å². The fourth-order valence-corrected chi connectivity index (χ4v) is 3.40. The average molecular weight is 401 g/mol. The van der Waals surface area contributed by atoms with Gasteiger partial charge in [-0.1, -0.05) is 18.2 Å². The first-order chi connectivity index (χ1) is 14.4. The first kappa shape index (κ1) is 19.6. The van der Waals surface area contributed by atoms with Crippen molar-refractivity contribution in [3.63, 3.8) is 0 Å². The minimum Gasteiger partial charge on any atom is -0.489 e. The van der Waals surface area contributed by atoms with Crippen LogP contribution in [0.25, 0.3) is 16.8 Å².